The molecule has 9 heteroatoms. The zero-order chi connectivity index (χ0) is 23.2. The molecule has 3 aliphatic rings. The van der Waals surface area contributed by atoms with Gasteiger partial charge in [0.05, 0.1) is 10.6 Å². The highest BCUT2D eigenvalue weighted by molar-refractivity contribution is 6.30. The van der Waals surface area contributed by atoms with Gasteiger partial charge < -0.3 is 15.5 Å². The Kier molecular flexibility index (Phi) is 5.82. The van der Waals surface area contributed by atoms with Gasteiger partial charge in [-0.2, -0.15) is 0 Å². The van der Waals surface area contributed by atoms with Crippen LogP contribution in [0.4, 0.5) is 14.5 Å². The van der Waals surface area contributed by atoms with Gasteiger partial charge in [0.2, 0.25) is 5.91 Å². The molecule has 1 aliphatic carbocycles. The Bertz CT molecular complexity index is 1080. The number of hydrogen-bond donors (Lipinski definition) is 2. The average Bonchev–Trinajstić information content (AvgIpc) is 3.03. The molecule has 2 N–H and O–H groups in total. The van der Waals surface area contributed by atoms with Crippen molar-refractivity contribution >= 4 is 29.1 Å². The molecule has 1 spiro atoms. The normalized spacial score (nSPS) is 23.5. The molecule has 5 rings (SSSR count). The number of nitrogens with one attached hydrogen (secondary N) is 2. The Labute approximate surface area is 195 Å². The monoisotopic (exact) mass is 474 g/mol. The lowest BCUT2D eigenvalue weighted by Crippen LogP contribution is -2.62. The molecule has 1 aromatic heterocycles. The summed E-state index contributed by atoms with van der Waals surface area (Å²) < 4.78 is 26.5. The Hall–Kier alpha value is -2.58. The Morgan fingerprint density at radius 2 is 1.97 bits per heavy atom. The van der Waals surface area contributed by atoms with E-state index < -0.39 is 23.4 Å². The van der Waals surface area contributed by atoms with Gasteiger partial charge in [-0.05, 0) is 49.3 Å². The van der Waals surface area contributed by atoms with Crippen LogP contribution >= 0.6 is 11.6 Å². The van der Waals surface area contributed by atoms with Gasteiger partial charge in [-0.1, -0.05) is 29.8 Å². The van der Waals surface area contributed by atoms with E-state index in [4.69, 9.17) is 11.6 Å². The Morgan fingerprint density at radius 1 is 1.24 bits per heavy atom. The summed E-state index contributed by atoms with van der Waals surface area (Å²) in [7, 11) is 0. The number of anilines is 1. The zero-order valence-electron chi connectivity index (χ0n) is 18.0. The first-order valence-corrected chi connectivity index (χ1v) is 11.6. The summed E-state index contributed by atoms with van der Waals surface area (Å²) in [6.07, 6.45) is 1.41. The number of hydrogen-bond acceptors (Lipinski definition) is 4. The van der Waals surface area contributed by atoms with Crippen LogP contribution in [0.15, 0.2) is 36.5 Å². The maximum absolute atomic E-state index is 13.3. The van der Waals surface area contributed by atoms with Crippen molar-refractivity contribution in [1.29, 1.82) is 0 Å². The molecule has 0 unspecified atom stereocenters. The Balaban J connectivity index is 1.21. The summed E-state index contributed by atoms with van der Waals surface area (Å²) in [5.74, 6) is -0.0829. The van der Waals surface area contributed by atoms with Crippen LogP contribution in [0.5, 0.6) is 0 Å². The summed E-state index contributed by atoms with van der Waals surface area (Å²) in [4.78, 5) is 31.5. The highest BCUT2D eigenvalue weighted by Gasteiger charge is 2.54. The summed E-state index contributed by atoms with van der Waals surface area (Å²) in [6.45, 7) is 2.01. The largest absolute Gasteiger partial charge is 0.349 e. The lowest BCUT2D eigenvalue weighted by molar-refractivity contribution is -0.125. The second kappa shape index (κ2) is 8.65. The van der Waals surface area contributed by atoms with Gasteiger partial charge in [0.15, 0.2) is 0 Å². The van der Waals surface area contributed by atoms with Gasteiger partial charge in [0, 0.05) is 37.6 Å². The third-order valence-electron chi connectivity index (χ3n) is 7.18. The number of aromatic nitrogens is 1. The standard InChI is InChI=1S/C24H25ClF2N4O2/c25-15-9-17(20(21(26)27)29-10-15)22(32)30-16-7-5-14(6-8-16)11-31-19-4-2-1-3-18(19)24(23(31)33)12-28-13-24/h1-4,9-10,14,16,21,28H,5-8,11-13H2,(H,30,32)/t14-,16-. The molecule has 1 aromatic carbocycles. The van der Waals surface area contributed by atoms with Crippen LogP contribution in [0.25, 0.3) is 0 Å². The Morgan fingerprint density at radius 3 is 2.64 bits per heavy atom. The van der Waals surface area contributed by atoms with Crippen LogP contribution in [-0.4, -0.2) is 42.5 Å². The number of benzene rings is 1. The van der Waals surface area contributed by atoms with E-state index in [0.29, 0.717) is 25.6 Å². The second-order valence-electron chi connectivity index (χ2n) is 9.20. The van der Waals surface area contributed by atoms with Gasteiger partial charge in [0.1, 0.15) is 11.1 Å². The molecule has 3 heterocycles. The minimum Gasteiger partial charge on any atom is -0.349 e. The van der Waals surface area contributed by atoms with E-state index in [0.717, 1.165) is 43.1 Å². The van der Waals surface area contributed by atoms with Crippen LogP contribution in [-0.2, 0) is 10.2 Å². The summed E-state index contributed by atoms with van der Waals surface area (Å²) in [6, 6.07) is 9.15. The molecule has 174 valence electrons. The molecule has 1 saturated heterocycles. The molecule has 0 radical (unpaired) electrons. The fourth-order valence-electron chi connectivity index (χ4n) is 5.31. The topological polar surface area (TPSA) is 74.3 Å². The van der Waals surface area contributed by atoms with Gasteiger partial charge >= 0.3 is 0 Å². The zero-order valence-corrected chi connectivity index (χ0v) is 18.7. The number of alkyl halides is 2. The van der Waals surface area contributed by atoms with Crippen molar-refractivity contribution in [3.8, 4) is 0 Å². The average molecular weight is 475 g/mol. The van der Waals surface area contributed by atoms with E-state index in [1.807, 2.05) is 23.1 Å². The number of rotatable bonds is 5. The summed E-state index contributed by atoms with van der Waals surface area (Å²) >= 11 is 5.87. The van der Waals surface area contributed by atoms with Crippen molar-refractivity contribution in [3.63, 3.8) is 0 Å². The maximum atomic E-state index is 13.3. The number of fused-ring (bicyclic) bond motifs is 2. The van der Waals surface area contributed by atoms with Gasteiger partial charge in [-0.25, -0.2) is 8.78 Å². The molecule has 2 aliphatic heterocycles. The first-order valence-electron chi connectivity index (χ1n) is 11.3. The molecule has 0 bridgehead atoms. The number of carbonyl (C=O) groups is 2. The molecular formula is C24H25ClF2N4O2. The van der Waals surface area contributed by atoms with Crippen molar-refractivity contribution < 1.29 is 18.4 Å². The molecule has 6 nitrogen and oxygen atoms in total. The molecule has 2 aromatic rings. The highest BCUT2D eigenvalue weighted by atomic mass is 35.5. The molecule has 0 atom stereocenters. The SMILES string of the molecule is O=C(N[C@H]1CC[C@H](CN2C(=O)C3(CNC3)c3ccccc32)CC1)c1cc(Cl)cnc1C(F)F. The summed E-state index contributed by atoms with van der Waals surface area (Å²) in [5, 5.41) is 6.25. The number of para-hydroxylation sites is 1. The minimum atomic E-state index is -2.85. The van der Waals surface area contributed by atoms with Crippen LogP contribution in [0.1, 0.15) is 53.7 Å². The quantitative estimate of drug-likeness (QED) is 0.690. The van der Waals surface area contributed by atoms with Crippen molar-refractivity contribution in [2.45, 2.75) is 43.6 Å². The number of amides is 2. The van der Waals surface area contributed by atoms with E-state index >= 15 is 0 Å². The predicted molar refractivity (Wildman–Crippen MR) is 121 cm³/mol. The second-order valence-corrected chi connectivity index (χ2v) is 9.63. The van der Waals surface area contributed by atoms with Gasteiger partial charge in [-0.15, -0.1) is 0 Å². The smallest absolute Gasteiger partial charge is 0.281 e. The molecular weight excluding hydrogens is 450 g/mol. The van der Waals surface area contributed by atoms with E-state index in [-0.39, 0.29) is 22.5 Å². The minimum absolute atomic E-state index is 0.109. The third-order valence-corrected chi connectivity index (χ3v) is 7.38. The molecule has 1 saturated carbocycles. The number of nitrogens with zero attached hydrogens (tertiary/aromatic N) is 2. The lowest BCUT2D eigenvalue weighted by Gasteiger charge is -2.38. The first-order chi connectivity index (χ1) is 15.9. The van der Waals surface area contributed by atoms with E-state index in [2.05, 4.69) is 21.7 Å². The summed E-state index contributed by atoms with van der Waals surface area (Å²) in [5.41, 5.74) is 0.955. The third kappa shape index (κ3) is 3.89. The van der Waals surface area contributed by atoms with Gasteiger partial charge in [-0.3, -0.25) is 14.6 Å². The highest BCUT2D eigenvalue weighted by Crippen LogP contribution is 2.45. The molecule has 2 amide bonds. The van der Waals surface area contributed by atoms with E-state index in [1.165, 1.54) is 6.07 Å². The van der Waals surface area contributed by atoms with Crippen molar-refractivity contribution in [3.05, 3.63) is 58.4 Å². The van der Waals surface area contributed by atoms with Crippen LogP contribution in [0, 0.1) is 5.92 Å². The first kappa shape index (κ1) is 22.2. The maximum Gasteiger partial charge on any atom is 0.281 e. The van der Waals surface area contributed by atoms with Gasteiger partial charge in [0.25, 0.3) is 12.3 Å². The fourth-order valence-corrected chi connectivity index (χ4v) is 5.47. The predicted octanol–water partition coefficient (Wildman–Crippen LogP) is 3.85. The molecule has 33 heavy (non-hydrogen) atoms. The van der Waals surface area contributed by atoms with Crippen LogP contribution in [0.3, 0.4) is 0 Å². The van der Waals surface area contributed by atoms with E-state index in [9.17, 15) is 18.4 Å². The van der Waals surface area contributed by atoms with Crippen molar-refractivity contribution in [1.82, 2.24) is 15.6 Å². The number of pyridine rings is 1. The fraction of sp³-hybridized carbons (Fsp3) is 0.458. The van der Waals surface area contributed by atoms with Crippen LogP contribution < -0.4 is 15.5 Å². The van der Waals surface area contributed by atoms with Crippen LogP contribution in [0.2, 0.25) is 5.02 Å². The van der Waals surface area contributed by atoms with Crippen molar-refractivity contribution in [2.75, 3.05) is 24.5 Å². The van der Waals surface area contributed by atoms with Crippen molar-refractivity contribution in [2.24, 2.45) is 5.92 Å². The lowest BCUT2D eigenvalue weighted by atomic mass is 9.76. The number of carbonyl (C=O) groups excluding carboxylic acids is 2. The van der Waals surface area contributed by atoms with E-state index in [1.54, 1.807) is 0 Å². The molecule has 2 fully saturated rings. The number of halogens is 3.